The molecule has 0 aliphatic heterocycles. The molecule has 4 heteroatoms. The fourth-order valence-corrected chi connectivity index (χ4v) is 1.73. The number of methoxy groups -OCH3 is 1. The summed E-state index contributed by atoms with van der Waals surface area (Å²) in [7, 11) is 1.65. The molecule has 0 aliphatic carbocycles. The number of hydrogen-bond donors (Lipinski definition) is 2. The molecule has 0 fully saturated rings. The highest BCUT2D eigenvalue weighted by Crippen LogP contribution is 2.25. The fraction of sp³-hybridized carbons (Fsp3) is 0.571. The van der Waals surface area contributed by atoms with Gasteiger partial charge < -0.3 is 15.2 Å². The molecule has 0 spiro atoms. The molecule has 0 aliphatic rings. The van der Waals surface area contributed by atoms with Crippen LogP contribution in [-0.4, -0.2) is 23.4 Å². The zero-order valence-corrected chi connectivity index (χ0v) is 13.3. The molecule has 1 aromatic carbocycles. The Morgan fingerprint density at radius 2 is 1.89 bits per heavy atom. The third-order valence-electron chi connectivity index (χ3n) is 3.50. The Morgan fingerprint density at radius 3 is 2.39 bits per heavy atom. The van der Waals surface area contributed by atoms with Crippen LogP contribution < -0.4 is 10.1 Å². The van der Waals surface area contributed by atoms with Gasteiger partial charge in [-0.25, -0.2) is 0 Å². The van der Waals surface area contributed by atoms with Crippen LogP contribution in [0, 0.1) is 0 Å². The molecular formula is C14H22BrNO2. The van der Waals surface area contributed by atoms with Crippen molar-refractivity contribution < 1.29 is 9.84 Å². The van der Waals surface area contributed by atoms with E-state index in [0.717, 1.165) is 15.8 Å². The van der Waals surface area contributed by atoms with E-state index in [4.69, 9.17) is 4.74 Å². The van der Waals surface area contributed by atoms with Gasteiger partial charge in [-0.2, -0.15) is 0 Å². The van der Waals surface area contributed by atoms with Crippen LogP contribution in [0.2, 0.25) is 0 Å². The van der Waals surface area contributed by atoms with Crippen molar-refractivity contribution >= 4 is 15.9 Å². The smallest absolute Gasteiger partial charge is 0.119 e. The zero-order chi connectivity index (χ0) is 14.0. The van der Waals surface area contributed by atoms with Gasteiger partial charge in [-0.1, -0.05) is 15.9 Å². The fourth-order valence-electron chi connectivity index (χ4n) is 1.35. The van der Waals surface area contributed by atoms with Crippen LogP contribution >= 0.6 is 15.9 Å². The lowest BCUT2D eigenvalue weighted by Crippen LogP contribution is -2.55. The molecule has 0 unspecified atom stereocenters. The van der Waals surface area contributed by atoms with Crippen LogP contribution in [0.15, 0.2) is 22.7 Å². The SMILES string of the molecule is COc1ccc(Br)c(CNC(C)(C)C(C)(C)O)c1. The van der Waals surface area contributed by atoms with Gasteiger partial charge in [0.05, 0.1) is 12.7 Å². The first-order valence-corrected chi connectivity index (χ1v) is 6.76. The summed E-state index contributed by atoms with van der Waals surface area (Å²) in [4.78, 5) is 0. The number of ether oxygens (including phenoxy) is 1. The summed E-state index contributed by atoms with van der Waals surface area (Å²) in [6, 6.07) is 5.86. The molecule has 0 atom stereocenters. The lowest BCUT2D eigenvalue weighted by atomic mass is 9.86. The van der Waals surface area contributed by atoms with Crippen molar-refractivity contribution in [3.8, 4) is 5.75 Å². The van der Waals surface area contributed by atoms with Crippen molar-refractivity contribution in [1.29, 1.82) is 0 Å². The largest absolute Gasteiger partial charge is 0.497 e. The predicted molar refractivity (Wildman–Crippen MR) is 77.9 cm³/mol. The van der Waals surface area contributed by atoms with E-state index in [0.29, 0.717) is 6.54 Å². The summed E-state index contributed by atoms with van der Waals surface area (Å²) < 4.78 is 6.24. The number of nitrogens with one attached hydrogen (secondary N) is 1. The molecule has 0 saturated carbocycles. The molecule has 0 heterocycles. The average Bonchev–Trinajstić information content (AvgIpc) is 2.26. The van der Waals surface area contributed by atoms with Crippen molar-refractivity contribution in [3.63, 3.8) is 0 Å². The summed E-state index contributed by atoms with van der Waals surface area (Å²) in [6.07, 6.45) is 0. The first-order valence-electron chi connectivity index (χ1n) is 5.97. The first kappa shape index (κ1) is 15.5. The van der Waals surface area contributed by atoms with Gasteiger partial charge in [0, 0.05) is 16.6 Å². The highest BCUT2D eigenvalue weighted by molar-refractivity contribution is 9.10. The summed E-state index contributed by atoms with van der Waals surface area (Å²) in [5.41, 5.74) is -0.0694. The van der Waals surface area contributed by atoms with Gasteiger partial charge in [-0.05, 0) is 51.5 Å². The Hall–Kier alpha value is -0.580. The third-order valence-corrected chi connectivity index (χ3v) is 4.28. The minimum atomic E-state index is -0.793. The average molecular weight is 316 g/mol. The normalized spacial score (nSPS) is 12.6. The summed E-state index contributed by atoms with van der Waals surface area (Å²) in [6.45, 7) is 8.25. The van der Waals surface area contributed by atoms with E-state index in [1.54, 1.807) is 21.0 Å². The molecule has 1 aromatic rings. The van der Waals surface area contributed by atoms with E-state index in [9.17, 15) is 5.11 Å². The molecule has 2 N–H and O–H groups in total. The molecule has 0 saturated heterocycles. The minimum absolute atomic E-state index is 0.379. The van der Waals surface area contributed by atoms with Gasteiger partial charge in [-0.15, -0.1) is 0 Å². The molecule has 0 amide bonds. The maximum Gasteiger partial charge on any atom is 0.119 e. The van der Waals surface area contributed by atoms with Gasteiger partial charge in [0.15, 0.2) is 0 Å². The van der Waals surface area contributed by atoms with Crippen molar-refractivity contribution in [3.05, 3.63) is 28.2 Å². The third kappa shape index (κ3) is 3.70. The Bertz CT molecular complexity index is 411. The summed E-state index contributed by atoms with van der Waals surface area (Å²) >= 11 is 3.52. The van der Waals surface area contributed by atoms with Crippen molar-refractivity contribution in [1.82, 2.24) is 5.32 Å². The Morgan fingerprint density at radius 1 is 1.28 bits per heavy atom. The molecule has 0 radical (unpaired) electrons. The van der Waals surface area contributed by atoms with Crippen LogP contribution in [-0.2, 0) is 6.54 Å². The van der Waals surface area contributed by atoms with Crippen molar-refractivity contribution in [2.24, 2.45) is 0 Å². The lowest BCUT2D eigenvalue weighted by molar-refractivity contribution is -0.00534. The lowest BCUT2D eigenvalue weighted by Gasteiger charge is -2.38. The second kappa shape index (κ2) is 5.59. The summed E-state index contributed by atoms with van der Waals surface area (Å²) in [5, 5.41) is 13.5. The molecule has 102 valence electrons. The number of hydrogen-bond acceptors (Lipinski definition) is 3. The molecule has 1 rings (SSSR count). The van der Waals surface area contributed by atoms with E-state index < -0.39 is 5.60 Å². The minimum Gasteiger partial charge on any atom is -0.497 e. The Kier molecular flexibility index (Phi) is 4.81. The predicted octanol–water partition coefficient (Wildman–Crippen LogP) is 3.10. The van der Waals surface area contributed by atoms with E-state index in [1.165, 1.54) is 0 Å². The number of halogens is 1. The van der Waals surface area contributed by atoms with Gasteiger partial charge >= 0.3 is 0 Å². The standard InChI is InChI=1S/C14H22BrNO2/c1-13(2,14(3,4)17)16-9-10-8-11(18-5)6-7-12(10)15/h6-8,16-17H,9H2,1-5H3. The van der Waals surface area contributed by atoms with E-state index >= 15 is 0 Å². The molecule has 0 bridgehead atoms. The molecule has 3 nitrogen and oxygen atoms in total. The zero-order valence-electron chi connectivity index (χ0n) is 11.7. The van der Waals surface area contributed by atoms with E-state index in [1.807, 2.05) is 32.0 Å². The van der Waals surface area contributed by atoms with Gasteiger partial charge in [0.2, 0.25) is 0 Å². The van der Waals surface area contributed by atoms with Crippen molar-refractivity contribution in [2.75, 3.05) is 7.11 Å². The summed E-state index contributed by atoms with van der Waals surface area (Å²) in [5.74, 6) is 0.830. The molecular weight excluding hydrogens is 294 g/mol. The monoisotopic (exact) mass is 315 g/mol. The maximum atomic E-state index is 10.1. The van der Waals surface area contributed by atoms with Crippen LogP contribution in [0.3, 0.4) is 0 Å². The van der Waals surface area contributed by atoms with Gasteiger partial charge in [0.1, 0.15) is 5.75 Å². The van der Waals surface area contributed by atoms with Crippen LogP contribution in [0.25, 0.3) is 0 Å². The van der Waals surface area contributed by atoms with Crippen LogP contribution in [0.4, 0.5) is 0 Å². The van der Waals surface area contributed by atoms with E-state index in [2.05, 4.69) is 21.2 Å². The molecule has 18 heavy (non-hydrogen) atoms. The highest BCUT2D eigenvalue weighted by atomic mass is 79.9. The van der Waals surface area contributed by atoms with E-state index in [-0.39, 0.29) is 5.54 Å². The second-order valence-corrected chi connectivity index (χ2v) is 6.35. The Balaban J connectivity index is 2.80. The first-order chi connectivity index (χ1) is 8.17. The van der Waals surface area contributed by atoms with Crippen molar-refractivity contribution in [2.45, 2.75) is 45.4 Å². The van der Waals surface area contributed by atoms with Gasteiger partial charge in [-0.3, -0.25) is 0 Å². The second-order valence-electron chi connectivity index (χ2n) is 5.49. The topological polar surface area (TPSA) is 41.5 Å². The van der Waals surface area contributed by atoms with Crippen LogP contribution in [0.1, 0.15) is 33.3 Å². The van der Waals surface area contributed by atoms with Crippen LogP contribution in [0.5, 0.6) is 5.75 Å². The molecule has 0 aromatic heterocycles. The quantitative estimate of drug-likeness (QED) is 0.877. The number of aliphatic hydroxyl groups is 1. The number of benzene rings is 1. The maximum absolute atomic E-state index is 10.1. The highest BCUT2D eigenvalue weighted by Gasteiger charge is 2.34. The van der Waals surface area contributed by atoms with Gasteiger partial charge in [0.25, 0.3) is 0 Å². The Labute approximate surface area is 118 Å². The number of rotatable bonds is 5.